The number of amides is 2. The first-order chi connectivity index (χ1) is 17.5. The Hall–Kier alpha value is -3.40. The summed E-state index contributed by atoms with van der Waals surface area (Å²) in [5, 5.41) is 14.9. The topological polar surface area (TPSA) is 120 Å². The van der Waals surface area contributed by atoms with E-state index in [9.17, 15) is 9.59 Å². The number of aliphatic hydroxyl groups excluding tert-OH is 1. The molecule has 3 aliphatic rings. The molecule has 0 unspecified atom stereocenters. The minimum Gasteiger partial charge on any atom is -0.495 e. The third-order valence-corrected chi connectivity index (χ3v) is 7.56. The van der Waals surface area contributed by atoms with Gasteiger partial charge in [-0.25, -0.2) is 4.98 Å². The molecule has 36 heavy (non-hydrogen) atoms. The van der Waals surface area contributed by atoms with Gasteiger partial charge in [-0.2, -0.15) is 4.98 Å². The van der Waals surface area contributed by atoms with Gasteiger partial charge in [0, 0.05) is 38.3 Å². The van der Waals surface area contributed by atoms with Crippen molar-refractivity contribution in [1.29, 1.82) is 0 Å². The predicted molar refractivity (Wildman–Crippen MR) is 137 cm³/mol. The fourth-order valence-electron chi connectivity index (χ4n) is 5.29. The number of hydrogen-bond donors (Lipinski definition) is 3. The average Bonchev–Trinajstić information content (AvgIpc) is 3.50. The molecule has 0 radical (unpaired) electrons. The Labute approximate surface area is 211 Å². The van der Waals surface area contributed by atoms with E-state index in [-0.39, 0.29) is 23.8 Å². The smallest absolute Gasteiger partial charge is 0.251 e. The lowest BCUT2D eigenvalue weighted by atomic mass is 10.0. The molecule has 2 heterocycles. The third kappa shape index (κ3) is 4.57. The first kappa shape index (κ1) is 24.3. The molecule has 2 aliphatic carbocycles. The van der Waals surface area contributed by atoms with Crippen molar-refractivity contribution in [3.05, 3.63) is 30.0 Å². The van der Waals surface area contributed by atoms with Crippen molar-refractivity contribution in [2.75, 3.05) is 49.0 Å². The van der Waals surface area contributed by atoms with Crippen molar-refractivity contribution in [2.45, 2.75) is 51.0 Å². The molecule has 2 saturated carbocycles. The molecule has 10 heteroatoms. The van der Waals surface area contributed by atoms with Crippen LogP contribution in [0.5, 0.6) is 5.75 Å². The van der Waals surface area contributed by atoms with E-state index in [0.29, 0.717) is 48.5 Å². The van der Waals surface area contributed by atoms with Crippen LogP contribution >= 0.6 is 0 Å². The van der Waals surface area contributed by atoms with Crippen molar-refractivity contribution in [1.82, 2.24) is 15.3 Å². The second-order valence-electron chi connectivity index (χ2n) is 9.99. The number of carbonyl (C=O) groups is 2. The van der Waals surface area contributed by atoms with Gasteiger partial charge in [0.25, 0.3) is 5.91 Å². The Morgan fingerprint density at radius 1 is 1.28 bits per heavy atom. The monoisotopic (exact) mass is 494 g/mol. The van der Waals surface area contributed by atoms with Gasteiger partial charge < -0.3 is 30.3 Å². The normalized spacial score (nSPS) is 18.7. The molecule has 1 spiro atoms. The Balaban J connectivity index is 1.43. The zero-order valence-corrected chi connectivity index (χ0v) is 20.9. The highest BCUT2D eigenvalue weighted by Crippen LogP contribution is 2.52. The highest BCUT2D eigenvalue weighted by Gasteiger charge is 2.55. The van der Waals surface area contributed by atoms with Gasteiger partial charge in [0.15, 0.2) is 5.82 Å². The van der Waals surface area contributed by atoms with Crippen molar-refractivity contribution in [3.63, 3.8) is 0 Å². The Bertz CT molecular complexity index is 1150. The number of benzene rings is 1. The number of aliphatic hydroxyl groups is 1. The number of aromatic nitrogens is 2. The fraction of sp³-hybridized carbons (Fsp3) is 0.538. The summed E-state index contributed by atoms with van der Waals surface area (Å²) in [5.41, 5.74) is 1.53. The minimum absolute atomic E-state index is 0.0242. The summed E-state index contributed by atoms with van der Waals surface area (Å²) in [4.78, 5) is 39.2. The lowest BCUT2D eigenvalue weighted by Gasteiger charge is -2.31. The van der Waals surface area contributed by atoms with Gasteiger partial charge in [0.05, 0.1) is 24.4 Å². The van der Waals surface area contributed by atoms with Gasteiger partial charge in [-0.15, -0.1) is 0 Å². The number of anilines is 4. The Morgan fingerprint density at radius 2 is 2.06 bits per heavy atom. The van der Waals surface area contributed by atoms with Crippen molar-refractivity contribution >= 4 is 35.0 Å². The molecule has 2 amide bonds. The van der Waals surface area contributed by atoms with Gasteiger partial charge in [0.2, 0.25) is 11.9 Å². The molecule has 0 saturated heterocycles. The van der Waals surface area contributed by atoms with Crippen LogP contribution in [0.3, 0.4) is 0 Å². The van der Waals surface area contributed by atoms with Crippen LogP contribution < -0.4 is 25.2 Å². The number of ether oxygens (including phenoxy) is 1. The van der Waals surface area contributed by atoms with Gasteiger partial charge in [-0.1, -0.05) is 12.8 Å². The van der Waals surface area contributed by atoms with Crippen LogP contribution in [-0.2, 0) is 4.79 Å². The van der Waals surface area contributed by atoms with Crippen LogP contribution in [0.25, 0.3) is 0 Å². The minimum atomic E-state index is -0.303. The predicted octanol–water partition coefficient (Wildman–Crippen LogP) is 2.85. The van der Waals surface area contributed by atoms with Crippen LogP contribution in [0.4, 0.5) is 23.1 Å². The number of carbonyl (C=O) groups excluding carboxylic acids is 2. The van der Waals surface area contributed by atoms with Gasteiger partial charge in [-0.05, 0) is 50.3 Å². The molecule has 0 bridgehead atoms. The summed E-state index contributed by atoms with van der Waals surface area (Å²) in [6.07, 6.45) is 8.66. The fourth-order valence-corrected chi connectivity index (χ4v) is 5.29. The number of methoxy groups -OCH3 is 1. The average molecular weight is 495 g/mol. The summed E-state index contributed by atoms with van der Waals surface area (Å²) in [5.74, 6) is 1.60. The van der Waals surface area contributed by atoms with E-state index < -0.39 is 0 Å². The first-order valence-corrected chi connectivity index (χ1v) is 12.7. The summed E-state index contributed by atoms with van der Waals surface area (Å²) in [6.45, 7) is 1.13. The first-order valence-electron chi connectivity index (χ1n) is 12.7. The Morgan fingerprint density at radius 3 is 2.75 bits per heavy atom. The number of hydrogen-bond acceptors (Lipinski definition) is 8. The highest BCUT2D eigenvalue weighted by atomic mass is 16.5. The van der Waals surface area contributed by atoms with E-state index >= 15 is 0 Å². The maximum Gasteiger partial charge on any atom is 0.251 e. The van der Waals surface area contributed by atoms with Crippen LogP contribution in [0, 0.1) is 5.41 Å². The second-order valence-corrected chi connectivity index (χ2v) is 9.99. The quantitative estimate of drug-likeness (QED) is 0.479. The zero-order valence-electron chi connectivity index (χ0n) is 20.9. The molecular formula is C26H34N6O4. The van der Waals surface area contributed by atoms with Crippen LogP contribution in [0.2, 0.25) is 0 Å². The molecule has 0 atom stereocenters. The lowest BCUT2D eigenvalue weighted by molar-refractivity contribution is -0.122. The Kier molecular flexibility index (Phi) is 6.70. The molecular weight excluding hydrogens is 460 g/mol. The van der Waals surface area contributed by atoms with Crippen molar-refractivity contribution < 1.29 is 19.4 Å². The summed E-state index contributed by atoms with van der Waals surface area (Å²) < 4.78 is 5.53. The van der Waals surface area contributed by atoms with Gasteiger partial charge in [-0.3, -0.25) is 9.59 Å². The largest absolute Gasteiger partial charge is 0.495 e. The van der Waals surface area contributed by atoms with E-state index in [1.165, 1.54) is 12.8 Å². The van der Waals surface area contributed by atoms with Crippen molar-refractivity contribution in [2.24, 2.45) is 5.41 Å². The van der Waals surface area contributed by atoms with E-state index in [1.807, 2.05) is 7.05 Å². The molecule has 3 N–H and O–H groups in total. The molecule has 1 aromatic heterocycles. The van der Waals surface area contributed by atoms with Crippen LogP contribution in [0.15, 0.2) is 24.4 Å². The van der Waals surface area contributed by atoms with Crippen molar-refractivity contribution in [3.8, 4) is 5.75 Å². The second kappa shape index (κ2) is 9.93. The highest BCUT2D eigenvalue weighted by molar-refractivity contribution is 6.03. The van der Waals surface area contributed by atoms with E-state index in [1.54, 1.807) is 36.4 Å². The molecule has 1 aromatic carbocycles. The van der Waals surface area contributed by atoms with Gasteiger partial charge in [0.1, 0.15) is 11.4 Å². The van der Waals surface area contributed by atoms with Crippen LogP contribution in [-0.4, -0.2) is 66.8 Å². The van der Waals surface area contributed by atoms with Crippen LogP contribution in [0.1, 0.15) is 55.3 Å². The number of nitrogens with zero attached hydrogens (tertiary/aromatic N) is 4. The maximum atomic E-state index is 13.2. The lowest BCUT2D eigenvalue weighted by Crippen LogP contribution is -2.41. The molecule has 10 nitrogen and oxygen atoms in total. The zero-order chi connectivity index (χ0) is 25.3. The van der Waals surface area contributed by atoms with E-state index in [2.05, 4.69) is 20.5 Å². The SMILES string of the molecule is COc1cc(C(=O)NCCCO)ccc1Nc1ncc2c(n1)N(C1CCCC1)CC1(CC1)C(=O)N2C. The number of rotatable bonds is 8. The molecule has 2 fully saturated rings. The van der Waals surface area contributed by atoms with E-state index in [4.69, 9.17) is 14.8 Å². The van der Waals surface area contributed by atoms with Gasteiger partial charge >= 0.3 is 0 Å². The van der Waals surface area contributed by atoms with E-state index in [0.717, 1.165) is 37.2 Å². The summed E-state index contributed by atoms with van der Waals surface area (Å²) in [7, 11) is 3.37. The standard InChI is InChI=1S/C26H34N6O4/c1-31-20-15-28-25(29-19-9-8-17(14-21(19)36-2)23(34)27-12-5-13-33)30-22(20)32(18-6-3-4-7-18)16-26(10-11-26)24(31)35/h8-9,14-15,18,33H,3-7,10-13,16H2,1-2H3,(H,27,34)(H,28,29,30). The number of fused-ring (bicyclic) bond motifs is 1. The molecule has 5 rings (SSSR count). The summed E-state index contributed by atoms with van der Waals surface area (Å²) >= 11 is 0. The number of nitrogens with one attached hydrogen (secondary N) is 2. The third-order valence-electron chi connectivity index (χ3n) is 7.56. The molecule has 2 aromatic rings. The molecule has 192 valence electrons. The maximum absolute atomic E-state index is 13.2. The summed E-state index contributed by atoms with van der Waals surface area (Å²) in [6, 6.07) is 5.50. The molecule has 1 aliphatic heterocycles.